The summed E-state index contributed by atoms with van der Waals surface area (Å²) >= 11 is 0. The number of pyridine rings is 1. The lowest BCUT2D eigenvalue weighted by Crippen LogP contribution is -2.07. The van der Waals surface area contributed by atoms with Crippen LogP contribution >= 0.6 is 0 Å². The number of fused-ring (bicyclic) bond motifs is 1. The monoisotopic (exact) mass is 268 g/mol. The van der Waals surface area contributed by atoms with E-state index in [1.807, 2.05) is 31.3 Å². The van der Waals surface area contributed by atoms with E-state index in [1.54, 1.807) is 17.2 Å². The number of hydrogen-bond donors (Lipinski definition) is 2. The summed E-state index contributed by atoms with van der Waals surface area (Å²) in [5.41, 5.74) is 8.48. The van der Waals surface area contributed by atoms with E-state index in [0.717, 1.165) is 35.4 Å². The van der Waals surface area contributed by atoms with Gasteiger partial charge in [0, 0.05) is 37.3 Å². The number of rotatable bonds is 4. The molecule has 1 aromatic carbocycles. The van der Waals surface area contributed by atoms with Crippen molar-refractivity contribution in [1.82, 2.24) is 19.7 Å². The van der Waals surface area contributed by atoms with Gasteiger partial charge < -0.3 is 11.1 Å². The molecule has 6 nitrogen and oxygen atoms in total. The first kappa shape index (κ1) is 12.4. The van der Waals surface area contributed by atoms with Gasteiger partial charge in [0.05, 0.1) is 11.2 Å². The average molecular weight is 268 g/mol. The van der Waals surface area contributed by atoms with Gasteiger partial charge in [-0.25, -0.2) is 4.98 Å². The van der Waals surface area contributed by atoms with Crippen molar-refractivity contribution in [3.8, 4) is 0 Å². The summed E-state index contributed by atoms with van der Waals surface area (Å²) in [6.45, 7) is 0.762. The molecule has 0 bridgehead atoms. The lowest BCUT2D eigenvalue weighted by Gasteiger charge is -2.09. The topological polar surface area (TPSA) is 81.7 Å². The standard InChI is InChI=1S/C14H16N6/c1-20-9-18-13(19-20)6-8-16-12-5-7-17-14-10(12)3-2-4-11(14)15/h2-5,7,9H,6,8,15H2,1H3,(H,16,17). The fourth-order valence-electron chi connectivity index (χ4n) is 2.16. The molecule has 0 amide bonds. The molecule has 3 aromatic rings. The van der Waals surface area contributed by atoms with E-state index in [1.165, 1.54) is 0 Å². The normalized spacial score (nSPS) is 10.8. The van der Waals surface area contributed by atoms with Crippen LogP contribution in [0.15, 0.2) is 36.8 Å². The zero-order chi connectivity index (χ0) is 13.9. The summed E-state index contributed by atoms with van der Waals surface area (Å²) in [6, 6.07) is 7.76. The first-order chi connectivity index (χ1) is 9.74. The predicted molar refractivity (Wildman–Crippen MR) is 79.4 cm³/mol. The third-order valence-electron chi connectivity index (χ3n) is 3.11. The minimum Gasteiger partial charge on any atom is -0.397 e. The van der Waals surface area contributed by atoms with Crippen molar-refractivity contribution < 1.29 is 0 Å². The highest BCUT2D eigenvalue weighted by Crippen LogP contribution is 2.25. The van der Waals surface area contributed by atoms with Gasteiger partial charge >= 0.3 is 0 Å². The van der Waals surface area contributed by atoms with Gasteiger partial charge in [0.1, 0.15) is 6.33 Å². The quantitative estimate of drug-likeness (QED) is 0.702. The Kier molecular flexibility index (Phi) is 3.20. The maximum Gasteiger partial charge on any atom is 0.152 e. The van der Waals surface area contributed by atoms with Crippen LogP contribution in [-0.2, 0) is 13.5 Å². The number of hydrogen-bond acceptors (Lipinski definition) is 5. The Bertz CT molecular complexity index is 733. The SMILES string of the molecule is Cn1cnc(CCNc2ccnc3c(N)cccc23)n1. The average Bonchev–Trinajstić information content (AvgIpc) is 2.86. The largest absolute Gasteiger partial charge is 0.397 e. The second-order valence-electron chi connectivity index (χ2n) is 4.61. The number of nitrogen functional groups attached to an aromatic ring is 1. The highest BCUT2D eigenvalue weighted by atomic mass is 15.3. The number of benzene rings is 1. The number of aryl methyl sites for hydroxylation is 1. The van der Waals surface area contributed by atoms with Crippen molar-refractivity contribution in [2.45, 2.75) is 6.42 Å². The number of aromatic nitrogens is 4. The summed E-state index contributed by atoms with van der Waals surface area (Å²) < 4.78 is 1.71. The van der Waals surface area contributed by atoms with Crippen molar-refractivity contribution in [3.63, 3.8) is 0 Å². The molecule has 2 aromatic heterocycles. The van der Waals surface area contributed by atoms with E-state index in [4.69, 9.17) is 5.73 Å². The van der Waals surface area contributed by atoms with Gasteiger partial charge in [-0.2, -0.15) is 5.10 Å². The van der Waals surface area contributed by atoms with Gasteiger partial charge in [-0.15, -0.1) is 0 Å². The Labute approximate surface area is 116 Å². The molecule has 102 valence electrons. The van der Waals surface area contributed by atoms with Crippen LogP contribution in [0.2, 0.25) is 0 Å². The molecule has 20 heavy (non-hydrogen) atoms. The van der Waals surface area contributed by atoms with E-state index in [2.05, 4.69) is 20.4 Å². The van der Waals surface area contributed by atoms with E-state index < -0.39 is 0 Å². The molecule has 0 fully saturated rings. The van der Waals surface area contributed by atoms with Gasteiger partial charge in [0.25, 0.3) is 0 Å². The molecule has 0 unspecified atom stereocenters. The molecular weight excluding hydrogens is 252 g/mol. The third kappa shape index (κ3) is 2.40. The number of nitrogens with two attached hydrogens (primary N) is 1. The lowest BCUT2D eigenvalue weighted by atomic mass is 10.1. The van der Waals surface area contributed by atoms with Crippen molar-refractivity contribution in [2.75, 3.05) is 17.6 Å². The van der Waals surface area contributed by atoms with Crippen LogP contribution in [0.25, 0.3) is 10.9 Å². The highest BCUT2D eigenvalue weighted by molar-refractivity contribution is 5.97. The van der Waals surface area contributed by atoms with E-state index in [0.29, 0.717) is 5.69 Å². The molecule has 0 aliphatic rings. The minimum atomic E-state index is 0.692. The van der Waals surface area contributed by atoms with Crippen molar-refractivity contribution >= 4 is 22.3 Å². The van der Waals surface area contributed by atoms with Crippen molar-refractivity contribution in [2.24, 2.45) is 7.05 Å². The zero-order valence-electron chi connectivity index (χ0n) is 11.2. The molecule has 0 radical (unpaired) electrons. The maximum atomic E-state index is 5.93. The summed E-state index contributed by atoms with van der Waals surface area (Å²) in [6.07, 6.45) is 4.24. The molecule has 0 saturated heterocycles. The molecule has 6 heteroatoms. The van der Waals surface area contributed by atoms with Crippen LogP contribution in [0, 0.1) is 0 Å². The Morgan fingerprint density at radius 2 is 2.15 bits per heavy atom. The Hall–Kier alpha value is -2.63. The van der Waals surface area contributed by atoms with Crippen LogP contribution in [0.4, 0.5) is 11.4 Å². The fourth-order valence-corrected chi connectivity index (χ4v) is 2.16. The summed E-state index contributed by atoms with van der Waals surface area (Å²) in [5, 5.41) is 8.67. The second-order valence-corrected chi connectivity index (χ2v) is 4.61. The highest BCUT2D eigenvalue weighted by Gasteiger charge is 2.04. The van der Waals surface area contributed by atoms with Gasteiger partial charge in [-0.3, -0.25) is 9.67 Å². The minimum absolute atomic E-state index is 0.692. The number of nitrogens with zero attached hydrogens (tertiary/aromatic N) is 4. The second kappa shape index (κ2) is 5.16. The first-order valence-corrected chi connectivity index (χ1v) is 6.45. The molecule has 0 aliphatic heterocycles. The van der Waals surface area contributed by atoms with Crippen LogP contribution in [0.5, 0.6) is 0 Å². The van der Waals surface area contributed by atoms with Crippen LogP contribution in [-0.4, -0.2) is 26.3 Å². The molecular formula is C14H16N6. The maximum absolute atomic E-state index is 5.93. The van der Waals surface area contributed by atoms with E-state index in [-0.39, 0.29) is 0 Å². The van der Waals surface area contributed by atoms with Crippen molar-refractivity contribution in [3.05, 3.63) is 42.6 Å². The molecule has 0 saturated carbocycles. The molecule has 0 atom stereocenters. The molecule has 3 N–H and O–H groups in total. The lowest BCUT2D eigenvalue weighted by molar-refractivity contribution is 0.742. The first-order valence-electron chi connectivity index (χ1n) is 6.45. The zero-order valence-corrected chi connectivity index (χ0v) is 11.2. The fraction of sp³-hybridized carbons (Fsp3) is 0.214. The molecule has 0 spiro atoms. The summed E-state index contributed by atoms with van der Waals surface area (Å²) in [5.74, 6) is 0.831. The Balaban J connectivity index is 1.76. The molecule has 0 aliphatic carbocycles. The summed E-state index contributed by atoms with van der Waals surface area (Å²) in [4.78, 5) is 8.52. The van der Waals surface area contributed by atoms with Gasteiger partial charge in [0.2, 0.25) is 0 Å². The smallest absolute Gasteiger partial charge is 0.152 e. The Morgan fingerprint density at radius 3 is 2.95 bits per heavy atom. The van der Waals surface area contributed by atoms with E-state index in [9.17, 15) is 0 Å². The van der Waals surface area contributed by atoms with Crippen molar-refractivity contribution in [1.29, 1.82) is 0 Å². The number of anilines is 2. The Morgan fingerprint density at radius 1 is 1.25 bits per heavy atom. The third-order valence-corrected chi connectivity index (χ3v) is 3.11. The van der Waals surface area contributed by atoms with Gasteiger partial charge in [-0.05, 0) is 12.1 Å². The van der Waals surface area contributed by atoms with Gasteiger partial charge in [-0.1, -0.05) is 12.1 Å². The summed E-state index contributed by atoms with van der Waals surface area (Å²) in [7, 11) is 1.86. The molecule has 2 heterocycles. The number of para-hydroxylation sites is 1. The number of nitrogens with one attached hydrogen (secondary N) is 1. The van der Waals surface area contributed by atoms with E-state index >= 15 is 0 Å². The van der Waals surface area contributed by atoms with Crippen LogP contribution in [0.3, 0.4) is 0 Å². The predicted octanol–water partition coefficient (Wildman–Crippen LogP) is 1.60. The molecule has 3 rings (SSSR count). The van der Waals surface area contributed by atoms with Crippen LogP contribution < -0.4 is 11.1 Å². The van der Waals surface area contributed by atoms with Crippen LogP contribution in [0.1, 0.15) is 5.82 Å². The van der Waals surface area contributed by atoms with Gasteiger partial charge in [0.15, 0.2) is 5.82 Å².